The molecule has 1 heterocycles. The summed E-state index contributed by atoms with van der Waals surface area (Å²) >= 11 is 4.48. The maximum absolute atomic E-state index is 13.5. The minimum absolute atomic E-state index is 0.104. The third-order valence-electron chi connectivity index (χ3n) is 4.55. The number of rotatable bonds is 5. The average molecular weight is 531 g/mol. The average Bonchev–Trinajstić information content (AvgIpc) is 3.19. The quantitative estimate of drug-likeness (QED) is 0.341. The van der Waals surface area contributed by atoms with Crippen LogP contribution in [0, 0.1) is 5.82 Å². The highest BCUT2D eigenvalue weighted by Crippen LogP contribution is 2.39. The first-order valence-corrected chi connectivity index (χ1v) is 12.9. The van der Waals surface area contributed by atoms with Gasteiger partial charge in [-0.05, 0) is 42.0 Å². The molecular weight excluding hydrogens is 515 g/mol. The number of halogens is 2. The Kier molecular flexibility index (Phi) is 6.23. The van der Waals surface area contributed by atoms with E-state index in [1.807, 2.05) is 6.07 Å². The highest BCUT2D eigenvalue weighted by Gasteiger charge is 2.23. The van der Waals surface area contributed by atoms with E-state index in [2.05, 4.69) is 26.2 Å². The zero-order valence-corrected chi connectivity index (χ0v) is 19.9. The van der Waals surface area contributed by atoms with E-state index in [1.165, 1.54) is 18.2 Å². The molecule has 0 saturated carbocycles. The summed E-state index contributed by atoms with van der Waals surface area (Å²) in [6.45, 7) is 0. The third-order valence-corrected chi connectivity index (χ3v) is 7.30. The monoisotopic (exact) mass is 530 g/mol. The van der Waals surface area contributed by atoms with Crippen molar-refractivity contribution < 1.29 is 17.6 Å². The van der Waals surface area contributed by atoms with Crippen molar-refractivity contribution >= 4 is 48.7 Å². The lowest BCUT2D eigenvalue weighted by molar-refractivity contribution is 0.102. The second kappa shape index (κ2) is 8.93. The van der Waals surface area contributed by atoms with Crippen molar-refractivity contribution in [2.75, 3.05) is 11.6 Å². The molecule has 9 heteroatoms. The summed E-state index contributed by atoms with van der Waals surface area (Å²) in [4.78, 5) is 18.1. The fourth-order valence-electron chi connectivity index (χ4n) is 3.13. The first kappa shape index (κ1) is 22.3. The number of carbonyl (C=O) groups is 1. The van der Waals surface area contributed by atoms with Gasteiger partial charge in [0.2, 0.25) is 0 Å². The van der Waals surface area contributed by atoms with E-state index in [9.17, 15) is 17.6 Å². The van der Waals surface area contributed by atoms with Crippen LogP contribution in [0.15, 0.2) is 82.2 Å². The number of benzene rings is 3. The van der Waals surface area contributed by atoms with Crippen LogP contribution in [0.25, 0.3) is 21.7 Å². The molecule has 0 aliphatic heterocycles. The minimum atomic E-state index is -3.55. The Balaban J connectivity index is 1.85. The van der Waals surface area contributed by atoms with Crippen LogP contribution in [0.2, 0.25) is 0 Å². The Morgan fingerprint density at radius 2 is 1.75 bits per heavy atom. The Bertz CT molecular complexity index is 1420. The van der Waals surface area contributed by atoms with Crippen molar-refractivity contribution in [2.24, 2.45) is 0 Å². The van der Waals surface area contributed by atoms with E-state index in [0.29, 0.717) is 27.4 Å². The molecule has 0 atom stereocenters. The number of nitrogens with zero attached hydrogens (tertiary/aromatic N) is 1. The summed E-state index contributed by atoms with van der Waals surface area (Å²) in [7, 11) is -3.55. The molecule has 0 bridgehead atoms. The lowest BCUT2D eigenvalue weighted by atomic mass is 10.1. The molecule has 0 fully saturated rings. The van der Waals surface area contributed by atoms with Gasteiger partial charge in [-0.1, -0.05) is 52.3 Å². The van der Waals surface area contributed by atoms with Crippen molar-refractivity contribution in [1.29, 1.82) is 0 Å². The van der Waals surface area contributed by atoms with E-state index >= 15 is 0 Å². The second-order valence-electron chi connectivity index (χ2n) is 6.94. The normalized spacial score (nSPS) is 11.3. The maximum Gasteiger partial charge on any atom is 0.284 e. The van der Waals surface area contributed by atoms with Crippen LogP contribution < -0.4 is 5.32 Å². The summed E-state index contributed by atoms with van der Waals surface area (Å²) in [5.74, 6) is -0.830. The number of sulfone groups is 1. The van der Waals surface area contributed by atoms with Crippen molar-refractivity contribution in [2.45, 2.75) is 4.90 Å². The Morgan fingerprint density at radius 1 is 1.03 bits per heavy atom. The standard InChI is InChI=1S/C23H16BrFN2O3S2/c1-32(29,30)19-8-3-2-7-18(19)20-21(14-9-11-16(25)12-10-14)31-23(27-20)22(28)26-17-6-4-5-15(24)13-17/h2-13H,1H3,(H,26,28). The number of carbonyl (C=O) groups excluding carboxylic acids is 1. The largest absolute Gasteiger partial charge is 0.320 e. The molecule has 0 aliphatic rings. The number of hydrogen-bond donors (Lipinski definition) is 1. The summed E-state index contributed by atoms with van der Waals surface area (Å²) in [6.07, 6.45) is 1.12. The second-order valence-corrected chi connectivity index (χ2v) is 10.8. The van der Waals surface area contributed by atoms with Gasteiger partial charge >= 0.3 is 0 Å². The number of anilines is 1. The zero-order valence-electron chi connectivity index (χ0n) is 16.7. The molecular formula is C23H16BrFN2O3S2. The van der Waals surface area contributed by atoms with Crippen molar-refractivity contribution in [3.05, 3.63) is 88.1 Å². The molecule has 0 saturated heterocycles. The number of nitrogens with one attached hydrogen (secondary N) is 1. The van der Waals surface area contributed by atoms with Crippen LogP contribution in [0.3, 0.4) is 0 Å². The summed E-state index contributed by atoms with van der Waals surface area (Å²) < 4.78 is 39.1. The molecule has 4 rings (SSSR count). The molecule has 1 aromatic heterocycles. The molecule has 3 aromatic carbocycles. The Morgan fingerprint density at radius 3 is 2.44 bits per heavy atom. The molecule has 0 radical (unpaired) electrons. The van der Waals surface area contributed by atoms with Crippen LogP contribution in [-0.2, 0) is 9.84 Å². The molecule has 4 aromatic rings. The zero-order chi connectivity index (χ0) is 22.9. The predicted octanol–water partition coefficient (Wildman–Crippen LogP) is 6.03. The predicted molar refractivity (Wildman–Crippen MR) is 128 cm³/mol. The van der Waals surface area contributed by atoms with E-state index < -0.39 is 21.6 Å². The van der Waals surface area contributed by atoms with Crippen LogP contribution >= 0.6 is 27.3 Å². The number of amides is 1. The van der Waals surface area contributed by atoms with E-state index in [1.54, 1.807) is 48.5 Å². The molecule has 0 aliphatic carbocycles. The Hall–Kier alpha value is -2.88. The van der Waals surface area contributed by atoms with Gasteiger partial charge in [-0.25, -0.2) is 17.8 Å². The molecule has 1 amide bonds. The van der Waals surface area contributed by atoms with Gasteiger partial charge < -0.3 is 5.32 Å². The topological polar surface area (TPSA) is 76.1 Å². The van der Waals surface area contributed by atoms with Gasteiger partial charge in [-0.3, -0.25) is 4.79 Å². The van der Waals surface area contributed by atoms with E-state index in [-0.39, 0.29) is 9.90 Å². The van der Waals surface area contributed by atoms with Gasteiger partial charge in [0.15, 0.2) is 14.8 Å². The van der Waals surface area contributed by atoms with Crippen LogP contribution in [0.1, 0.15) is 9.80 Å². The maximum atomic E-state index is 13.5. The fourth-order valence-corrected chi connectivity index (χ4v) is 5.40. The SMILES string of the molecule is CS(=O)(=O)c1ccccc1-c1nc(C(=O)Nc2cccc(Br)c2)sc1-c1ccc(F)cc1. The van der Waals surface area contributed by atoms with Gasteiger partial charge in [0, 0.05) is 22.0 Å². The molecule has 5 nitrogen and oxygen atoms in total. The minimum Gasteiger partial charge on any atom is -0.320 e. The van der Waals surface area contributed by atoms with Gasteiger partial charge in [-0.15, -0.1) is 11.3 Å². The van der Waals surface area contributed by atoms with E-state index in [0.717, 1.165) is 22.1 Å². The van der Waals surface area contributed by atoms with Crippen LogP contribution in [-0.4, -0.2) is 25.6 Å². The molecule has 0 spiro atoms. The van der Waals surface area contributed by atoms with Gasteiger partial charge in [0.25, 0.3) is 5.91 Å². The van der Waals surface area contributed by atoms with Crippen molar-refractivity contribution in [3.63, 3.8) is 0 Å². The van der Waals surface area contributed by atoms with Crippen LogP contribution in [0.5, 0.6) is 0 Å². The molecule has 32 heavy (non-hydrogen) atoms. The summed E-state index contributed by atoms with van der Waals surface area (Å²) in [6, 6.07) is 19.4. The lowest BCUT2D eigenvalue weighted by Crippen LogP contribution is -2.11. The summed E-state index contributed by atoms with van der Waals surface area (Å²) in [5, 5.41) is 2.95. The summed E-state index contributed by atoms with van der Waals surface area (Å²) in [5.41, 5.74) is 1.94. The number of hydrogen-bond acceptors (Lipinski definition) is 5. The highest BCUT2D eigenvalue weighted by atomic mass is 79.9. The third kappa shape index (κ3) is 4.79. The van der Waals surface area contributed by atoms with E-state index in [4.69, 9.17) is 0 Å². The number of thiazole rings is 1. The fraction of sp³-hybridized carbons (Fsp3) is 0.0435. The van der Waals surface area contributed by atoms with Gasteiger partial charge in [-0.2, -0.15) is 0 Å². The first-order chi connectivity index (χ1) is 15.2. The molecule has 1 N–H and O–H groups in total. The van der Waals surface area contributed by atoms with Crippen molar-refractivity contribution in [1.82, 2.24) is 4.98 Å². The number of aromatic nitrogens is 1. The molecule has 162 valence electrons. The smallest absolute Gasteiger partial charge is 0.284 e. The van der Waals surface area contributed by atoms with Crippen LogP contribution in [0.4, 0.5) is 10.1 Å². The lowest BCUT2D eigenvalue weighted by Gasteiger charge is -2.08. The highest BCUT2D eigenvalue weighted by molar-refractivity contribution is 9.10. The first-order valence-electron chi connectivity index (χ1n) is 9.35. The van der Waals surface area contributed by atoms with Gasteiger partial charge in [0.05, 0.1) is 15.5 Å². The Labute approximate surface area is 197 Å². The van der Waals surface area contributed by atoms with Gasteiger partial charge in [0.1, 0.15) is 5.82 Å². The molecule has 0 unspecified atom stereocenters. The van der Waals surface area contributed by atoms with Crippen molar-refractivity contribution in [3.8, 4) is 21.7 Å².